The molecule has 7 heteroatoms. The number of imide groups is 1. The van der Waals surface area contributed by atoms with Crippen LogP contribution in [-0.4, -0.2) is 47.8 Å². The molecule has 0 aliphatic carbocycles. The second-order valence-corrected chi connectivity index (χ2v) is 9.30. The van der Waals surface area contributed by atoms with Gasteiger partial charge in [-0.2, -0.15) is 0 Å². The van der Waals surface area contributed by atoms with Crippen molar-refractivity contribution in [3.8, 4) is 0 Å². The van der Waals surface area contributed by atoms with Crippen molar-refractivity contribution in [1.29, 1.82) is 0 Å². The van der Waals surface area contributed by atoms with E-state index in [-0.39, 0.29) is 29.6 Å². The van der Waals surface area contributed by atoms with Crippen molar-refractivity contribution in [2.75, 3.05) is 13.1 Å². The number of hydrogen-bond acceptors (Lipinski definition) is 5. The lowest BCUT2D eigenvalue weighted by Crippen LogP contribution is -2.52. The molecule has 7 nitrogen and oxygen atoms in total. The van der Waals surface area contributed by atoms with Gasteiger partial charge in [-0.25, -0.2) is 0 Å². The minimum Gasteiger partial charge on any atom is -0.322 e. The molecule has 0 bridgehead atoms. The fourth-order valence-corrected chi connectivity index (χ4v) is 4.69. The van der Waals surface area contributed by atoms with E-state index in [4.69, 9.17) is 0 Å². The zero-order valence-corrected chi connectivity index (χ0v) is 17.2. The molecule has 0 saturated carbocycles. The van der Waals surface area contributed by atoms with E-state index in [2.05, 4.69) is 35.9 Å². The maximum Gasteiger partial charge on any atom is 0.255 e. The van der Waals surface area contributed by atoms with Crippen molar-refractivity contribution in [2.24, 2.45) is 5.41 Å². The number of nitrogens with one attached hydrogen (secondary N) is 3. The molecule has 2 atom stereocenters. The number of carbonyl (C=O) groups is 3. The molecule has 3 amide bonds. The molecular weight excluding hydrogens is 368 g/mol. The average Bonchev–Trinajstić information content (AvgIpc) is 2.87. The topological polar surface area (TPSA) is 90.5 Å². The predicted molar refractivity (Wildman–Crippen MR) is 109 cm³/mol. The van der Waals surface area contributed by atoms with Crippen molar-refractivity contribution in [1.82, 2.24) is 20.9 Å². The summed E-state index contributed by atoms with van der Waals surface area (Å²) in [4.78, 5) is 38.1. The smallest absolute Gasteiger partial charge is 0.255 e. The van der Waals surface area contributed by atoms with Crippen LogP contribution in [0.25, 0.3) is 0 Å². The SMILES string of the molecule is CC1(C)CNCCC(NCc2ccc3c(c2)C(=O)N(C2CCC(=O)NC2=O)C3)C1. The van der Waals surface area contributed by atoms with Crippen LogP contribution >= 0.6 is 0 Å². The van der Waals surface area contributed by atoms with Gasteiger partial charge in [0, 0.05) is 37.7 Å². The normalized spacial score (nSPS) is 26.8. The third-order valence-corrected chi connectivity index (χ3v) is 6.26. The summed E-state index contributed by atoms with van der Waals surface area (Å²) in [6.07, 6.45) is 2.88. The third kappa shape index (κ3) is 4.36. The van der Waals surface area contributed by atoms with E-state index in [0.717, 1.165) is 43.6 Å². The van der Waals surface area contributed by atoms with Crippen LogP contribution < -0.4 is 16.0 Å². The minimum absolute atomic E-state index is 0.115. The minimum atomic E-state index is -0.560. The van der Waals surface area contributed by atoms with Gasteiger partial charge >= 0.3 is 0 Å². The van der Waals surface area contributed by atoms with E-state index in [9.17, 15) is 14.4 Å². The van der Waals surface area contributed by atoms with Crippen LogP contribution in [0.15, 0.2) is 18.2 Å². The first-order chi connectivity index (χ1) is 13.8. The van der Waals surface area contributed by atoms with Crippen LogP contribution in [0.3, 0.4) is 0 Å². The molecule has 2 fully saturated rings. The van der Waals surface area contributed by atoms with Crippen molar-refractivity contribution in [2.45, 2.75) is 64.7 Å². The Morgan fingerprint density at radius 3 is 2.83 bits per heavy atom. The van der Waals surface area contributed by atoms with Crippen LogP contribution in [-0.2, 0) is 22.7 Å². The Morgan fingerprint density at radius 1 is 1.21 bits per heavy atom. The van der Waals surface area contributed by atoms with Crippen LogP contribution in [0.4, 0.5) is 0 Å². The molecule has 0 spiro atoms. The molecule has 1 aromatic rings. The predicted octanol–water partition coefficient (Wildman–Crippen LogP) is 1.32. The van der Waals surface area contributed by atoms with Gasteiger partial charge in [0.25, 0.3) is 5.91 Å². The Morgan fingerprint density at radius 2 is 2.03 bits per heavy atom. The standard InChI is InChI=1S/C22H30N4O3/c1-22(2)10-16(7-8-23-13-22)24-11-14-3-4-15-12-26(21(29)17(15)9-14)18-5-6-19(27)25-20(18)28/h3-4,9,16,18,23-24H,5-8,10-13H2,1-2H3,(H,25,27,28). The van der Waals surface area contributed by atoms with Crippen LogP contribution in [0.2, 0.25) is 0 Å². The van der Waals surface area contributed by atoms with E-state index < -0.39 is 6.04 Å². The summed E-state index contributed by atoms with van der Waals surface area (Å²) < 4.78 is 0. The maximum atomic E-state index is 12.9. The van der Waals surface area contributed by atoms with E-state index in [0.29, 0.717) is 24.6 Å². The van der Waals surface area contributed by atoms with Crippen LogP contribution in [0.5, 0.6) is 0 Å². The number of carbonyl (C=O) groups excluding carboxylic acids is 3. The molecule has 3 aliphatic heterocycles. The first-order valence-electron chi connectivity index (χ1n) is 10.5. The lowest BCUT2D eigenvalue weighted by molar-refractivity contribution is -0.136. The zero-order chi connectivity index (χ0) is 20.6. The molecule has 3 heterocycles. The van der Waals surface area contributed by atoms with Gasteiger partial charge in [0.2, 0.25) is 11.8 Å². The van der Waals surface area contributed by atoms with Gasteiger partial charge < -0.3 is 15.5 Å². The summed E-state index contributed by atoms with van der Waals surface area (Å²) in [6.45, 7) is 7.78. The number of benzene rings is 1. The van der Waals surface area contributed by atoms with Crippen LogP contribution in [0.1, 0.15) is 61.0 Å². The summed E-state index contributed by atoms with van der Waals surface area (Å²) in [5.41, 5.74) is 2.97. The van der Waals surface area contributed by atoms with Crippen molar-refractivity contribution in [3.05, 3.63) is 34.9 Å². The molecule has 2 unspecified atom stereocenters. The Balaban J connectivity index is 1.41. The highest BCUT2D eigenvalue weighted by molar-refractivity contribution is 6.05. The number of rotatable bonds is 4. The first kappa shape index (κ1) is 20.0. The summed E-state index contributed by atoms with van der Waals surface area (Å²) in [5.74, 6) is -0.745. The summed E-state index contributed by atoms with van der Waals surface area (Å²) >= 11 is 0. The second-order valence-electron chi connectivity index (χ2n) is 9.30. The Hall–Kier alpha value is -2.25. The summed E-state index contributed by atoms with van der Waals surface area (Å²) in [5, 5.41) is 9.51. The Labute approximate surface area is 171 Å². The summed E-state index contributed by atoms with van der Waals surface area (Å²) in [6, 6.07) is 5.90. The van der Waals surface area contributed by atoms with Crippen molar-refractivity contribution >= 4 is 17.7 Å². The number of amides is 3. The number of hydrogen-bond donors (Lipinski definition) is 3. The van der Waals surface area contributed by atoms with Gasteiger partial charge in [-0.15, -0.1) is 0 Å². The van der Waals surface area contributed by atoms with Gasteiger partial charge in [0.1, 0.15) is 6.04 Å². The lowest BCUT2D eigenvalue weighted by atomic mass is 9.86. The van der Waals surface area contributed by atoms with Crippen LogP contribution in [0, 0.1) is 5.41 Å². The second kappa shape index (κ2) is 7.88. The van der Waals surface area contributed by atoms with E-state index in [1.54, 1.807) is 4.90 Å². The van der Waals surface area contributed by atoms with Gasteiger partial charge in [-0.05, 0) is 48.4 Å². The third-order valence-electron chi connectivity index (χ3n) is 6.26. The van der Waals surface area contributed by atoms with Gasteiger partial charge in [0.05, 0.1) is 0 Å². The van der Waals surface area contributed by atoms with Crippen molar-refractivity contribution < 1.29 is 14.4 Å². The molecular formula is C22H30N4O3. The summed E-state index contributed by atoms with van der Waals surface area (Å²) in [7, 11) is 0. The largest absolute Gasteiger partial charge is 0.322 e. The zero-order valence-electron chi connectivity index (χ0n) is 17.2. The highest BCUT2D eigenvalue weighted by Gasteiger charge is 2.39. The lowest BCUT2D eigenvalue weighted by Gasteiger charge is -2.29. The molecule has 29 heavy (non-hydrogen) atoms. The monoisotopic (exact) mass is 398 g/mol. The Bertz CT molecular complexity index is 835. The van der Waals surface area contributed by atoms with E-state index >= 15 is 0 Å². The fourth-order valence-electron chi connectivity index (χ4n) is 4.69. The molecule has 2 saturated heterocycles. The number of fused-ring (bicyclic) bond motifs is 1. The molecule has 4 rings (SSSR count). The Kier molecular flexibility index (Phi) is 5.44. The highest BCUT2D eigenvalue weighted by atomic mass is 16.2. The maximum absolute atomic E-state index is 12.9. The molecule has 3 aliphatic rings. The van der Waals surface area contributed by atoms with Gasteiger partial charge in [-0.1, -0.05) is 26.0 Å². The molecule has 156 valence electrons. The average molecular weight is 399 g/mol. The van der Waals surface area contributed by atoms with Gasteiger partial charge in [0.15, 0.2) is 0 Å². The molecule has 3 N–H and O–H groups in total. The molecule has 0 aromatic heterocycles. The van der Waals surface area contributed by atoms with E-state index in [1.807, 2.05) is 12.1 Å². The first-order valence-corrected chi connectivity index (χ1v) is 10.5. The number of nitrogens with zero attached hydrogens (tertiary/aromatic N) is 1. The quantitative estimate of drug-likeness (QED) is 0.666. The highest BCUT2D eigenvalue weighted by Crippen LogP contribution is 2.29. The van der Waals surface area contributed by atoms with E-state index in [1.165, 1.54) is 0 Å². The number of piperidine rings is 1. The molecule has 1 aromatic carbocycles. The van der Waals surface area contributed by atoms with Gasteiger partial charge in [-0.3, -0.25) is 19.7 Å². The molecule has 0 radical (unpaired) electrons. The fraction of sp³-hybridized carbons (Fsp3) is 0.591. The van der Waals surface area contributed by atoms with Crippen molar-refractivity contribution in [3.63, 3.8) is 0 Å².